The average molecular weight is 387 g/mol. The van der Waals surface area contributed by atoms with Crippen LogP contribution < -0.4 is 10.6 Å². The molecule has 5 nitrogen and oxygen atoms in total. The fraction of sp³-hybridized carbons (Fsp3) is 0.250. The molecule has 1 unspecified atom stereocenters. The number of anilines is 1. The Morgan fingerprint density at radius 3 is 2.28 bits per heavy atom. The lowest BCUT2D eigenvalue weighted by molar-refractivity contribution is -0.121. The summed E-state index contributed by atoms with van der Waals surface area (Å²) in [5.41, 5.74) is 3.85. The van der Waals surface area contributed by atoms with Gasteiger partial charge in [0.25, 0.3) is 0 Å². The predicted octanol–water partition coefficient (Wildman–Crippen LogP) is 4.25. The van der Waals surface area contributed by atoms with Crippen LogP contribution in [0.15, 0.2) is 73.1 Å². The third-order valence-corrected chi connectivity index (χ3v) is 5.21. The van der Waals surface area contributed by atoms with E-state index in [-0.39, 0.29) is 23.8 Å². The summed E-state index contributed by atoms with van der Waals surface area (Å²) in [6.07, 6.45) is 6.30. The molecule has 4 rings (SSSR count). The molecule has 0 bridgehead atoms. The highest BCUT2D eigenvalue weighted by Crippen LogP contribution is 2.30. The van der Waals surface area contributed by atoms with Gasteiger partial charge in [0, 0.05) is 29.7 Å². The molecule has 5 heteroatoms. The molecule has 0 saturated heterocycles. The van der Waals surface area contributed by atoms with E-state index in [0.29, 0.717) is 6.42 Å². The third-order valence-electron chi connectivity index (χ3n) is 5.21. The van der Waals surface area contributed by atoms with Crippen molar-refractivity contribution in [1.29, 1.82) is 0 Å². The van der Waals surface area contributed by atoms with Crippen LogP contribution in [0.1, 0.15) is 36.9 Å². The topological polar surface area (TPSA) is 63.1 Å². The number of amides is 2. The van der Waals surface area contributed by atoms with Gasteiger partial charge in [-0.15, -0.1) is 0 Å². The summed E-state index contributed by atoms with van der Waals surface area (Å²) in [7, 11) is 0. The molecule has 2 aromatic carbocycles. The monoisotopic (exact) mass is 387 g/mol. The van der Waals surface area contributed by atoms with Gasteiger partial charge >= 0.3 is 0 Å². The zero-order valence-electron chi connectivity index (χ0n) is 16.5. The first kappa shape index (κ1) is 19.0. The second kappa shape index (κ2) is 8.35. The van der Waals surface area contributed by atoms with Crippen molar-refractivity contribution in [2.45, 2.75) is 32.2 Å². The number of aromatic nitrogens is 1. The third kappa shape index (κ3) is 4.93. The lowest BCUT2D eigenvalue weighted by atomic mass is 10.1. The van der Waals surface area contributed by atoms with Crippen molar-refractivity contribution < 1.29 is 9.59 Å². The number of carbonyl (C=O) groups is 2. The van der Waals surface area contributed by atoms with Crippen LogP contribution in [0.3, 0.4) is 0 Å². The number of carbonyl (C=O) groups excluding carboxylic acids is 2. The molecule has 1 heterocycles. The molecular weight excluding hydrogens is 362 g/mol. The lowest BCUT2D eigenvalue weighted by Gasteiger charge is -2.15. The van der Waals surface area contributed by atoms with Crippen molar-refractivity contribution in [2.75, 3.05) is 5.32 Å². The molecule has 1 fully saturated rings. The van der Waals surface area contributed by atoms with Crippen molar-refractivity contribution in [2.24, 2.45) is 5.92 Å². The van der Waals surface area contributed by atoms with Crippen LogP contribution in [0.2, 0.25) is 0 Å². The molecule has 0 aliphatic heterocycles. The van der Waals surface area contributed by atoms with Crippen LogP contribution in [-0.4, -0.2) is 16.4 Å². The first-order valence-electron chi connectivity index (χ1n) is 10.0. The molecule has 1 aromatic heterocycles. The Morgan fingerprint density at radius 1 is 1.00 bits per heavy atom. The van der Waals surface area contributed by atoms with Crippen LogP contribution >= 0.6 is 0 Å². The maximum Gasteiger partial charge on any atom is 0.227 e. The number of benzene rings is 2. The Labute approximate surface area is 170 Å². The first-order chi connectivity index (χ1) is 14.1. The summed E-state index contributed by atoms with van der Waals surface area (Å²) in [4.78, 5) is 24.3. The molecule has 2 N–H and O–H groups in total. The van der Waals surface area contributed by atoms with Crippen molar-refractivity contribution >= 4 is 17.5 Å². The van der Waals surface area contributed by atoms with Gasteiger partial charge in [0.2, 0.25) is 11.8 Å². The predicted molar refractivity (Wildman–Crippen MR) is 114 cm³/mol. The highest BCUT2D eigenvalue weighted by atomic mass is 16.2. The van der Waals surface area contributed by atoms with E-state index in [1.54, 1.807) is 0 Å². The highest BCUT2D eigenvalue weighted by molar-refractivity contribution is 5.94. The molecule has 0 spiro atoms. The van der Waals surface area contributed by atoms with Gasteiger partial charge < -0.3 is 15.2 Å². The van der Waals surface area contributed by atoms with E-state index >= 15 is 0 Å². The van der Waals surface area contributed by atoms with E-state index in [1.165, 1.54) is 0 Å². The molecule has 2 amide bonds. The van der Waals surface area contributed by atoms with E-state index in [4.69, 9.17) is 0 Å². The summed E-state index contributed by atoms with van der Waals surface area (Å²) in [5, 5.41) is 5.97. The second-order valence-electron chi connectivity index (χ2n) is 7.61. The lowest BCUT2D eigenvalue weighted by Crippen LogP contribution is -2.28. The van der Waals surface area contributed by atoms with E-state index in [9.17, 15) is 9.59 Å². The maximum atomic E-state index is 12.4. The Bertz CT molecular complexity index is 972. The molecule has 29 heavy (non-hydrogen) atoms. The van der Waals surface area contributed by atoms with Crippen LogP contribution in [0, 0.1) is 5.92 Å². The average Bonchev–Trinajstić information content (AvgIpc) is 3.44. The van der Waals surface area contributed by atoms with Crippen molar-refractivity contribution in [1.82, 2.24) is 9.88 Å². The van der Waals surface area contributed by atoms with Crippen LogP contribution in [-0.2, 0) is 16.0 Å². The van der Waals surface area contributed by atoms with Gasteiger partial charge in [0.15, 0.2) is 0 Å². The summed E-state index contributed by atoms with van der Waals surface area (Å²) >= 11 is 0. The molecular formula is C24H25N3O2. The Hall–Kier alpha value is -3.34. The minimum absolute atomic E-state index is 0.0164. The summed E-state index contributed by atoms with van der Waals surface area (Å²) in [6.45, 7) is 1.96. The Kier molecular flexibility index (Phi) is 5.47. The minimum atomic E-state index is -0.102. The van der Waals surface area contributed by atoms with Crippen molar-refractivity contribution in [3.8, 4) is 5.69 Å². The van der Waals surface area contributed by atoms with Crippen molar-refractivity contribution in [3.63, 3.8) is 0 Å². The number of hydrogen-bond donors (Lipinski definition) is 2. The van der Waals surface area contributed by atoms with Gasteiger partial charge in [-0.3, -0.25) is 9.59 Å². The molecule has 1 aliphatic rings. The molecule has 1 saturated carbocycles. The van der Waals surface area contributed by atoms with Gasteiger partial charge in [-0.2, -0.15) is 0 Å². The normalized spacial score (nSPS) is 14.2. The van der Waals surface area contributed by atoms with Gasteiger partial charge in [-0.25, -0.2) is 0 Å². The van der Waals surface area contributed by atoms with E-state index in [0.717, 1.165) is 35.3 Å². The summed E-state index contributed by atoms with van der Waals surface area (Å²) in [5.74, 6) is 0.268. The van der Waals surface area contributed by atoms with Crippen LogP contribution in [0.5, 0.6) is 0 Å². The largest absolute Gasteiger partial charge is 0.349 e. The fourth-order valence-electron chi connectivity index (χ4n) is 3.30. The van der Waals surface area contributed by atoms with Crippen LogP contribution in [0.4, 0.5) is 5.69 Å². The van der Waals surface area contributed by atoms with Crippen molar-refractivity contribution in [3.05, 3.63) is 84.2 Å². The number of hydrogen-bond acceptors (Lipinski definition) is 2. The Morgan fingerprint density at radius 2 is 1.66 bits per heavy atom. The molecule has 1 aliphatic carbocycles. The van der Waals surface area contributed by atoms with Gasteiger partial charge in [0.05, 0.1) is 12.5 Å². The zero-order chi connectivity index (χ0) is 20.2. The molecule has 1 atom stereocenters. The smallest absolute Gasteiger partial charge is 0.227 e. The number of nitrogens with zero attached hydrogens (tertiary/aromatic N) is 1. The molecule has 3 aromatic rings. The van der Waals surface area contributed by atoms with E-state index in [2.05, 4.69) is 10.6 Å². The van der Waals surface area contributed by atoms with Gasteiger partial charge in [0.1, 0.15) is 0 Å². The first-order valence-corrected chi connectivity index (χ1v) is 10.0. The maximum absolute atomic E-state index is 12.4. The molecule has 0 radical (unpaired) electrons. The van der Waals surface area contributed by atoms with Gasteiger partial charge in [-0.05, 0) is 67.3 Å². The summed E-state index contributed by atoms with van der Waals surface area (Å²) in [6, 6.07) is 19.5. The number of nitrogens with one attached hydrogen (secondary N) is 2. The van der Waals surface area contributed by atoms with Gasteiger partial charge in [-0.1, -0.05) is 24.3 Å². The Balaban J connectivity index is 1.30. The SMILES string of the molecule is CC(NC(=O)Cc1ccc(-n2cccc2)cc1)c1ccc(NC(=O)C2CC2)cc1. The summed E-state index contributed by atoms with van der Waals surface area (Å²) < 4.78 is 2.03. The second-order valence-corrected chi connectivity index (χ2v) is 7.61. The number of rotatable bonds is 7. The minimum Gasteiger partial charge on any atom is -0.349 e. The van der Waals surface area contributed by atoms with E-state index in [1.807, 2.05) is 84.5 Å². The quantitative estimate of drug-likeness (QED) is 0.637. The van der Waals surface area contributed by atoms with Crippen LogP contribution in [0.25, 0.3) is 5.69 Å². The highest BCUT2D eigenvalue weighted by Gasteiger charge is 2.29. The fourth-order valence-corrected chi connectivity index (χ4v) is 3.30. The van der Waals surface area contributed by atoms with E-state index < -0.39 is 0 Å². The zero-order valence-corrected chi connectivity index (χ0v) is 16.5. The standard InChI is InChI=1S/C24H25N3O2/c1-17(19-8-10-21(11-9-19)26-24(29)20-6-7-20)25-23(28)16-18-4-12-22(13-5-18)27-14-2-3-15-27/h2-5,8-15,17,20H,6-7,16H2,1H3,(H,25,28)(H,26,29). The molecule has 148 valence electrons.